The van der Waals surface area contributed by atoms with Gasteiger partial charge in [0.1, 0.15) is 17.6 Å². The molecule has 3 aromatic rings. The van der Waals surface area contributed by atoms with Crippen LogP contribution in [0.4, 0.5) is 4.79 Å². The molecular weight excluding hydrogens is 572 g/mol. The largest absolute Gasteiger partial charge is 0.506 e. The number of halogens is 2. The van der Waals surface area contributed by atoms with Crippen LogP contribution >= 0.6 is 31.9 Å². The molecule has 1 aliphatic carbocycles. The van der Waals surface area contributed by atoms with Crippen LogP contribution in [0, 0.1) is 0 Å². The van der Waals surface area contributed by atoms with Gasteiger partial charge in [-0.2, -0.15) is 0 Å². The molecule has 0 saturated carbocycles. The van der Waals surface area contributed by atoms with Gasteiger partial charge in [0.25, 0.3) is 0 Å². The van der Waals surface area contributed by atoms with E-state index in [-0.39, 0.29) is 29.1 Å². The standard InChI is InChI=1S/C24H18Br2N2O6/c1-10-11(2)22(30)18(12(3)21(10)29)17(34-24(31)32)9-33-23-14(26)8-13(25)19-20(23)28-16-7-5-4-6-15(16)27-19/h4-8,17H,9H2,1-3H3,(H,31,32). The van der Waals surface area contributed by atoms with Crippen LogP contribution in [0.5, 0.6) is 5.75 Å². The normalized spacial score (nSPS) is 15.3. The lowest BCUT2D eigenvalue weighted by molar-refractivity contribution is -0.117. The maximum Gasteiger partial charge on any atom is 0.506 e. The topological polar surface area (TPSA) is 116 Å². The van der Waals surface area contributed by atoms with Crippen LogP contribution in [0.2, 0.25) is 0 Å². The van der Waals surface area contributed by atoms with E-state index >= 15 is 0 Å². The molecule has 4 rings (SSSR count). The van der Waals surface area contributed by atoms with E-state index in [1.165, 1.54) is 13.8 Å². The van der Waals surface area contributed by atoms with Crippen LogP contribution in [0.15, 0.2) is 61.6 Å². The zero-order valence-electron chi connectivity index (χ0n) is 18.3. The zero-order valence-corrected chi connectivity index (χ0v) is 21.5. The lowest BCUT2D eigenvalue weighted by Crippen LogP contribution is -2.35. The van der Waals surface area contributed by atoms with Crippen LogP contribution < -0.4 is 4.74 Å². The highest BCUT2D eigenvalue weighted by atomic mass is 79.9. The number of aromatic nitrogens is 2. The monoisotopic (exact) mass is 588 g/mol. The summed E-state index contributed by atoms with van der Waals surface area (Å²) in [5.74, 6) is -0.486. The van der Waals surface area contributed by atoms with Crippen molar-refractivity contribution in [3.63, 3.8) is 0 Å². The van der Waals surface area contributed by atoms with Crippen LogP contribution in [0.1, 0.15) is 20.8 Å². The highest BCUT2D eigenvalue weighted by Gasteiger charge is 2.35. The first-order valence-electron chi connectivity index (χ1n) is 10.1. The van der Waals surface area contributed by atoms with Crippen molar-refractivity contribution in [3.8, 4) is 5.75 Å². The first-order valence-corrected chi connectivity index (χ1v) is 11.7. The molecule has 0 fully saturated rings. The quantitative estimate of drug-likeness (QED) is 0.234. The smallest absolute Gasteiger partial charge is 0.486 e. The Morgan fingerprint density at radius 1 is 0.941 bits per heavy atom. The average Bonchev–Trinajstić information content (AvgIpc) is 2.80. The summed E-state index contributed by atoms with van der Waals surface area (Å²) in [4.78, 5) is 46.3. The number of para-hydroxylation sites is 2. The highest BCUT2D eigenvalue weighted by molar-refractivity contribution is 9.11. The van der Waals surface area contributed by atoms with Crippen molar-refractivity contribution in [2.75, 3.05) is 6.61 Å². The van der Waals surface area contributed by atoms with Crippen molar-refractivity contribution in [2.24, 2.45) is 0 Å². The molecule has 1 heterocycles. The SMILES string of the molecule is CC1=C(C)C(=O)C(C(COc2c(Br)cc(Br)c3nc4ccccc4nc23)OC(=O)O)=C(C)C1=O. The molecule has 1 unspecified atom stereocenters. The number of ketones is 2. The Morgan fingerprint density at radius 3 is 2.15 bits per heavy atom. The van der Waals surface area contributed by atoms with Gasteiger partial charge in [0.2, 0.25) is 0 Å². The number of hydrogen-bond donors (Lipinski definition) is 1. The zero-order chi connectivity index (χ0) is 24.7. The van der Waals surface area contributed by atoms with Gasteiger partial charge in [0, 0.05) is 21.2 Å². The molecule has 0 amide bonds. The highest BCUT2D eigenvalue weighted by Crippen LogP contribution is 2.38. The molecule has 34 heavy (non-hydrogen) atoms. The van der Waals surface area contributed by atoms with Crippen LogP contribution in [-0.4, -0.2) is 45.5 Å². The third-order valence-electron chi connectivity index (χ3n) is 5.66. The first kappa shape index (κ1) is 24.0. The van der Waals surface area contributed by atoms with Gasteiger partial charge in [-0.15, -0.1) is 0 Å². The molecule has 1 aliphatic rings. The Hall–Kier alpha value is -3.11. The van der Waals surface area contributed by atoms with Crippen molar-refractivity contribution in [2.45, 2.75) is 26.9 Å². The fourth-order valence-corrected chi connectivity index (χ4v) is 5.13. The van der Waals surface area contributed by atoms with Crippen molar-refractivity contribution >= 4 is 71.6 Å². The maximum atomic E-state index is 13.0. The minimum Gasteiger partial charge on any atom is -0.486 e. The molecule has 1 aromatic heterocycles. The first-order chi connectivity index (χ1) is 16.1. The number of carboxylic acid groups (broad SMARTS) is 1. The minimum atomic E-state index is -1.59. The van der Waals surface area contributed by atoms with Gasteiger partial charge in [0.15, 0.2) is 23.4 Å². The Balaban J connectivity index is 1.78. The molecule has 0 saturated heterocycles. The Bertz CT molecular complexity index is 1460. The lowest BCUT2D eigenvalue weighted by Gasteiger charge is -2.25. The third kappa shape index (κ3) is 4.23. The summed E-state index contributed by atoms with van der Waals surface area (Å²) >= 11 is 6.95. The molecule has 0 aliphatic heterocycles. The second-order valence-corrected chi connectivity index (χ2v) is 9.42. The molecule has 1 atom stereocenters. The Kier molecular flexibility index (Phi) is 6.55. The van der Waals surface area contributed by atoms with Crippen LogP contribution in [0.3, 0.4) is 0 Å². The summed E-state index contributed by atoms with van der Waals surface area (Å²) in [5.41, 5.74) is 2.98. The fraction of sp³-hybridized carbons (Fsp3) is 0.208. The van der Waals surface area contributed by atoms with Gasteiger partial charge < -0.3 is 14.6 Å². The summed E-state index contributed by atoms with van der Waals surface area (Å²) in [5, 5.41) is 9.30. The number of nitrogens with zero attached hydrogens (tertiary/aromatic N) is 2. The van der Waals surface area contributed by atoms with Gasteiger partial charge >= 0.3 is 6.16 Å². The lowest BCUT2D eigenvalue weighted by atomic mass is 9.83. The number of Topliss-reactive ketones (excluding diaryl/α,β-unsaturated/α-hetero) is 2. The van der Waals surface area contributed by atoms with Crippen molar-refractivity contribution in [1.82, 2.24) is 9.97 Å². The molecular formula is C24H18Br2N2O6. The third-order valence-corrected chi connectivity index (χ3v) is 6.85. The van der Waals surface area contributed by atoms with Gasteiger partial charge in [-0.05, 0) is 70.8 Å². The summed E-state index contributed by atoms with van der Waals surface area (Å²) < 4.78 is 12.2. The minimum absolute atomic E-state index is 0.0374. The van der Waals surface area contributed by atoms with Crippen LogP contribution in [0.25, 0.3) is 22.1 Å². The molecule has 1 N–H and O–H groups in total. The summed E-state index contributed by atoms with van der Waals surface area (Å²) in [6, 6.07) is 9.09. The van der Waals surface area contributed by atoms with Crippen molar-refractivity contribution in [1.29, 1.82) is 0 Å². The second kappa shape index (κ2) is 9.27. The van der Waals surface area contributed by atoms with E-state index in [1.54, 1.807) is 13.0 Å². The molecule has 0 bridgehead atoms. The number of benzene rings is 2. The number of allylic oxidation sites excluding steroid dienone is 3. The number of carbonyl (C=O) groups excluding carboxylic acids is 2. The number of carbonyl (C=O) groups is 3. The maximum absolute atomic E-state index is 13.0. The van der Waals surface area contributed by atoms with Gasteiger partial charge in [0.05, 0.1) is 21.1 Å². The van der Waals surface area contributed by atoms with Crippen molar-refractivity contribution < 1.29 is 29.0 Å². The van der Waals surface area contributed by atoms with E-state index < -0.39 is 18.0 Å². The number of rotatable bonds is 5. The van der Waals surface area contributed by atoms with E-state index in [2.05, 4.69) is 41.8 Å². The number of fused-ring (bicyclic) bond motifs is 2. The summed E-state index contributed by atoms with van der Waals surface area (Å²) in [6.07, 6.45) is -2.92. The van der Waals surface area contributed by atoms with Crippen molar-refractivity contribution in [3.05, 3.63) is 61.6 Å². The average molecular weight is 590 g/mol. The number of ether oxygens (including phenoxy) is 2. The van der Waals surface area contributed by atoms with E-state index in [0.29, 0.717) is 42.3 Å². The predicted molar refractivity (Wildman–Crippen MR) is 132 cm³/mol. The number of hydrogen-bond acceptors (Lipinski definition) is 7. The molecule has 174 valence electrons. The molecule has 8 nitrogen and oxygen atoms in total. The molecule has 2 aromatic carbocycles. The predicted octanol–water partition coefficient (Wildman–Crippen LogP) is 5.55. The summed E-state index contributed by atoms with van der Waals surface area (Å²) in [6.45, 7) is 4.22. The van der Waals surface area contributed by atoms with E-state index in [0.717, 1.165) is 0 Å². The van der Waals surface area contributed by atoms with E-state index in [9.17, 15) is 19.5 Å². The Labute approximate surface area is 210 Å². The summed E-state index contributed by atoms with van der Waals surface area (Å²) in [7, 11) is 0. The molecule has 0 spiro atoms. The fourth-order valence-electron chi connectivity index (χ4n) is 3.78. The van der Waals surface area contributed by atoms with Gasteiger partial charge in [-0.25, -0.2) is 14.8 Å². The van der Waals surface area contributed by atoms with E-state index in [4.69, 9.17) is 9.47 Å². The van der Waals surface area contributed by atoms with Gasteiger partial charge in [-0.3, -0.25) is 9.59 Å². The van der Waals surface area contributed by atoms with E-state index in [1.807, 2.05) is 24.3 Å². The second-order valence-electron chi connectivity index (χ2n) is 7.71. The molecule has 10 heteroatoms. The van der Waals surface area contributed by atoms with Gasteiger partial charge in [-0.1, -0.05) is 12.1 Å². The van der Waals surface area contributed by atoms with Crippen LogP contribution in [-0.2, 0) is 14.3 Å². The molecule has 0 radical (unpaired) electrons. The Morgan fingerprint density at radius 2 is 1.53 bits per heavy atom.